The molecular weight excluding hydrogens is 393 g/mol. The first-order valence-electron chi connectivity index (χ1n) is 10.4. The summed E-state index contributed by atoms with van der Waals surface area (Å²) in [4.78, 5) is 12.2. The quantitative estimate of drug-likeness (QED) is 0.270. The van der Waals surface area contributed by atoms with E-state index in [-0.39, 0.29) is 12.0 Å². The lowest BCUT2D eigenvalue weighted by molar-refractivity contribution is -0.206. The molecule has 0 N–H and O–H groups in total. The van der Waals surface area contributed by atoms with E-state index in [0.29, 0.717) is 25.2 Å². The van der Waals surface area contributed by atoms with Gasteiger partial charge in [-0.1, -0.05) is 69.4 Å². The molecule has 3 nitrogen and oxygen atoms in total. The van der Waals surface area contributed by atoms with E-state index in [1.54, 1.807) is 12.1 Å². The Balaban J connectivity index is 1.85. The van der Waals surface area contributed by atoms with Crippen molar-refractivity contribution < 1.29 is 27.4 Å². The van der Waals surface area contributed by atoms with Crippen LogP contribution >= 0.6 is 0 Å². The zero-order chi connectivity index (χ0) is 21.8. The molecule has 6 heteroatoms. The number of hydrogen-bond acceptors (Lipinski definition) is 3. The van der Waals surface area contributed by atoms with E-state index in [2.05, 4.69) is 6.92 Å². The van der Waals surface area contributed by atoms with Gasteiger partial charge in [-0.05, 0) is 42.7 Å². The minimum absolute atomic E-state index is 0.0688. The van der Waals surface area contributed by atoms with Gasteiger partial charge in [-0.2, -0.15) is 13.2 Å². The minimum Gasteiger partial charge on any atom is -0.489 e. The number of rotatable bonds is 12. The zero-order valence-corrected chi connectivity index (χ0v) is 17.3. The summed E-state index contributed by atoms with van der Waals surface area (Å²) in [6.07, 6.45) is -1.68. The van der Waals surface area contributed by atoms with Gasteiger partial charge < -0.3 is 9.47 Å². The molecule has 0 aliphatic carbocycles. The summed E-state index contributed by atoms with van der Waals surface area (Å²) < 4.78 is 50.2. The second-order valence-corrected chi connectivity index (χ2v) is 7.29. The molecule has 2 rings (SSSR count). The molecule has 0 saturated carbocycles. The van der Waals surface area contributed by atoms with Gasteiger partial charge in [-0.25, -0.2) is 4.79 Å². The van der Waals surface area contributed by atoms with Crippen molar-refractivity contribution in [3.05, 3.63) is 65.7 Å². The molecule has 0 spiro atoms. The highest BCUT2D eigenvalue weighted by Crippen LogP contribution is 2.28. The molecular formula is C24H29F3O3. The molecule has 0 radical (unpaired) electrons. The Labute approximate surface area is 176 Å². The molecule has 0 bridgehead atoms. The van der Waals surface area contributed by atoms with Crippen molar-refractivity contribution >= 4 is 5.97 Å². The normalized spacial score (nSPS) is 12.4. The molecule has 0 aromatic heterocycles. The monoisotopic (exact) mass is 422 g/mol. The first kappa shape index (κ1) is 23.8. The van der Waals surface area contributed by atoms with Crippen molar-refractivity contribution in [2.75, 3.05) is 0 Å². The number of carbonyl (C=O) groups is 1. The van der Waals surface area contributed by atoms with Crippen LogP contribution in [-0.2, 0) is 11.3 Å². The summed E-state index contributed by atoms with van der Waals surface area (Å²) in [6.45, 7) is 2.44. The van der Waals surface area contributed by atoms with Gasteiger partial charge in [0.1, 0.15) is 12.4 Å². The highest BCUT2D eigenvalue weighted by atomic mass is 19.4. The van der Waals surface area contributed by atoms with Crippen molar-refractivity contribution in [3.63, 3.8) is 0 Å². The molecule has 1 atom stereocenters. The first-order valence-corrected chi connectivity index (χ1v) is 10.4. The van der Waals surface area contributed by atoms with Gasteiger partial charge in [0.25, 0.3) is 0 Å². The largest absolute Gasteiger partial charge is 0.489 e. The topological polar surface area (TPSA) is 35.5 Å². The van der Waals surface area contributed by atoms with E-state index >= 15 is 0 Å². The van der Waals surface area contributed by atoms with Gasteiger partial charge in [0.2, 0.25) is 0 Å². The van der Waals surface area contributed by atoms with Crippen LogP contribution in [0.5, 0.6) is 5.75 Å². The van der Waals surface area contributed by atoms with Crippen molar-refractivity contribution in [1.29, 1.82) is 0 Å². The maximum atomic E-state index is 13.3. The van der Waals surface area contributed by atoms with Gasteiger partial charge in [-0.15, -0.1) is 0 Å². The second-order valence-electron chi connectivity index (χ2n) is 7.29. The summed E-state index contributed by atoms with van der Waals surface area (Å²) in [6, 6.07) is 15.5. The maximum Gasteiger partial charge on any atom is 0.425 e. The molecule has 0 saturated heterocycles. The maximum absolute atomic E-state index is 13.3. The van der Waals surface area contributed by atoms with Crippen LogP contribution < -0.4 is 4.74 Å². The number of unbranched alkanes of at least 4 members (excludes halogenated alkanes) is 5. The number of hydrogen-bond donors (Lipinski definition) is 0. The number of benzene rings is 2. The molecule has 0 amide bonds. The predicted molar refractivity (Wildman–Crippen MR) is 110 cm³/mol. The summed E-state index contributed by atoms with van der Waals surface area (Å²) in [5.41, 5.74) is 1.06. The lowest BCUT2D eigenvalue weighted by Gasteiger charge is -2.20. The van der Waals surface area contributed by atoms with Crippen LogP contribution in [0.4, 0.5) is 13.2 Å². The van der Waals surface area contributed by atoms with Crippen LogP contribution in [0.15, 0.2) is 54.6 Å². The van der Waals surface area contributed by atoms with E-state index < -0.39 is 18.2 Å². The molecule has 0 aliphatic heterocycles. The molecule has 0 fully saturated rings. The lowest BCUT2D eigenvalue weighted by Crippen LogP contribution is -2.33. The first-order chi connectivity index (χ1) is 14.4. The second kappa shape index (κ2) is 12.3. The van der Waals surface area contributed by atoms with E-state index in [1.807, 2.05) is 30.3 Å². The third-order valence-corrected chi connectivity index (χ3v) is 4.77. The van der Waals surface area contributed by atoms with Crippen LogP contribution in [0, 0.1) is 0 Å². The summed E-state index contributed by atoms with van der Waals surface area (Å²) in [7, 11) is 0. The molecule has 0 aliphatic rings. The highest BCUT2D eigenvalue weighted by molar-refractivity contribution is 5.89. The summed E-state index contributed by atoms with van der Waals surface area (Å²) in [5, 5.41) is 0. The Hall–Kier alpha value is -2.50. The molecule has 2 aromatic rings. The van der Waals surface area contributed by atoms with Crippen molar-refractivity contribution in [3.8, 4) is 5.75 Å². The van der Waals surface area contributed by atoms with E-state index in [4.69, 9.17) is 9.47 Å². The molecule has 1 unspecified atom stereocenters. The van der Waals surface area contributed by atoms with Gasteiger partial charge in [0, 0.05) is 0 Å². The number of carbonyl (C=O) groups excluding carboxylic acids is 1. The van der Waals surface area contributed by atoms with E-state index in [0.717, 1.165) is 31.2 Å². The van der Waals surface area contributed by atoms with Crippen LogP contribution in [-0.4, -0.2) is 18.2 Å². The Morgan fingerprint density at radius 3 is 2.17 bits per heavy atom. The SMILES string of the molecule is CCCCCCCCC(OC(=O)c1ccc(OCc2ccccc2)cc1)C(F)(F)F. The third kappa shape index (κ3) is 8.47. The van der Waals surface area contributed by atoms with Crippen molar-refractivity contribution in [1.82, 2.24) is 0 Å². The lowest BCUT2D eigenvalue weighted by atomic mass is 10.1. The van der Waals surface area contributed by atoms with Crippen LogP contribution in [0.25, 0.3) is 0 Å². The fourth-order valence-electron chi connectivity index (χ4n) is 3.02. The Morgan fingerprint density at radius 2 is 1.53 bits per heavy atom. The fraction of sp³-hybridized carbons (Fsp3) is 0.458. The molecule has 0 heterocycles. The van der Waals surface area contributed by atoms with Gasteiger partial charge in [-0.3, -0.25) is 0 Å². The van der Waals surface area contributed by atoms with Crippen molar-refractivity contribution in [2.24, 2.45) is 0 Å². The smallest absolute Gasteiger partial charge is 0.425 e. The summed E-state index contributed by atoms with van der Waals surface area (Å²) >= 11 is 0. The van der Waals surface area contributed by atoms with Gasteiger partial charge >= 0.3 is 12.1 Å². The van der Waals surface area contributed by atoms with Crippen LogP contribution in [0.3, 0.4) is 0 Å². The van der Waals surface area contributed by atoms with Crippen LogP contribution in [0.1, 0.15) is 67.8 Å². The van der Waals surface area contributed by atoms with Gasteiger partial charge in [0.05, 0.1) is 5.56 Å². The standard InChI is InChI=1S/C24H29F3O3/c1-2-3-4-5-6-10-13-22(24(25,26)27)30-23(28)20-14-16-21(17-15-20)29-18-19-11-8-7-9-12-19/h7-9,11-12,14-17,22H,2-6,10,13,18H2,1H3. The Bertz CT molecular complexity index is 743. The molecule has 164 valence electrons. The van der Waals surface area contributed by atoms with Gasteiger partial charge in [0.15, 0.2) is 6.10 Å². The average molecular weight is 422 g/mol. The Morgan fingerprint density at radius 1 is 0.900 bits per heavy atom. The van der Waals surface area contributed by atoms with Crippen molar-refractivity contribution in [2.45, 2.75) is 70.8 Å². The number of ether oxygens (including phenoxy) is 2. The summed E-state index contributed by atoms with van der Waals surface area (Å²) in [5.74, 6) is -0.451. The Kier molecular flexibility index (Phi) is 9.71. The molecule has 2 aromatic carbocycles. The fourth-order valence-corrected chi connectivity index (χ4v) is 3.02. The number of esters is 1. The molecule has 30 heavy (non-hydrogen) atoms. The van der Waals surface area contributed by atoms with E-state index in [1.165, 1.54) is 12.1 Å². The zero-order valence-electron chi connectivity index (χ0n) is 17.3. The van der Waals surface area contributed by atoms with Crippen LogP contribution in [0.2, 0.25) is 0 Å². The highest BCUT2D eigenvalue weighted by Gasteiger charge is 2.42. The predicted octanol–water partition coefficient (Wildman–Crippen LogP) is 7.10. The third-order valence-electron chi connectivity index (χ3n) is 4.77. The number of alkyl halides is 3. The number of halogens is 3. The van der Waals surface area contributed by atoms with E-state index in [9.17, 15) is 18.0 Å². The average Bonchev–Trinajstić information content (AvgIpc) is 2.74. The minimum atomic E-state index is -4.57.